The van der Waals surface area contributed by atoms with Crippen molar-refractivity contribution in [3.8, 4) is 5.75 Å². The molecule has 0 saturated carbocycles. The molecule has 0 bridgehead atoms. The summed E-state index contributed by atoms with van der Waals surface area (Å²) in [6.45, 7) is 2.87. The van der Waals surface area contributed by atoms with E-state index in [-0.39, 0.29) is 6.03 Å². The Morgan fingerprint density at radius 3 is 2.93 bits per heavy atom. The number of ether oxygens (including phenoxy) is 1. The average molecular weight is 370 g/mol. The van der Waals surface area contributed by atoms with Crippen LogP contribution >= 0.6 is 0 Å². The summed E-state index contributed by atoms with van der Waals surface area (Å²) in [7, 11) is 3.38. The van der Waals surface area contributed by atoms with Crippen LogP contribution in [0.4, 0.5) is 10.7 Å². The Morgan fingerprint density at radius 1 is 1.33 bits per heavy atom. The SMILES string of the molecule is COc1ccnc(CN(C)C(=O)NC[C@H]2CCCN(c3ncccn3)C2)c1. The molecule has 0 radical (unpaired) electrons. The number of piperidine rings is 1. The Labute approximate surface area is 159 Å². The van der Waals surface area contributed by atoms with Crippen LogP contribution in [-0.2, 0) is 6.54 Å². The lowest BCUT2D eigenvalue weighted by Gasteiger charge is -2.33. The minimum atomic E-state index is -0.104. The topological polar surface area (TPSA) is 83.5 Å². The van der Waals surface area contributed by atoms with E-state index in [1.54, 1.807) is 43.7 Å². The number of aromatic nitrogens is 3. The number of anilines is 1. The zero-order valence-corrected chi connectivity index (χ0v) is 15.8. The first-order valence-corrected chi connectivity index (χ1v) is 9.15. The highest BCUT2D eigenvalue weighted by Gasteiger charge is 2.22. The number of amides is 2. The molecular weight excluding hydrogens is 344 g/mol. The lowest BCUT2D eigenvalue weighted by molar-refractivity contribution is 0.203. The third-order valence-corrected chi connectivity index (χ3v) is 4.67. The lowest BCUT2D eigenvalue weighted by atomic mass is 9.98. The van der Waals surface area contributed by atoms with Crippen LogP contribution in [-0.4, -0.2) is 59.7 Å². The van der Waals surface area contributed by atoms with Gasteiger partial charge in [0.05, 0.1) is 19.3 Å². The van der Waals surface area contributed by atoms with E-state index in [2.05, 4.69) is 25.2 Å². The van der Waals surface area contributed by atoms with Crippen molar-refractivity contribution in [2.75, 3.05) is 38.7 Å². The normalized spacial score (nSPS) is 16.7. The number of nitrogens with one attached hydrogen (secondary N) is 1. The molecule has 1 fully saturated rings. The van der Waals surface area contributed by atoms with Gasteiger partial charge >= 0.3 is 6.03 Å². The Kier molecular flexibility index (Phi) is 6.40. The van der Waals surface area contributed by atoms with E-state index in [9.17, 15) is 4.79 Å². The van der Waals surface area contributed by atoms with Crippen LogP contribution in [0.1, 0.15) is 18.5 Å². The van der Waals surface area contributed by atoms with E-state index in [4.69, 9.17) is 4.74 Å². The van der Waals surface area contributed by atoms with Crippen molar-refractivity contribution in [1.82, 2.24) is 25.2 Å². The van der Waals surface area contributed by atoms with Gasteiger partial charge in [0.2, 0.25) is 5.95 Å². The summed E-state index contributed by atoms with van der Waals surface area (Å²) < 4.78 is 5.20. The molecule has 2 amide bonds. The summed E-state index contributed by atoms with van der Waals surface area (Å²) in [5.41, 5.74) is 0.789. The zero-order chi connectivity index (χ0) is 19.1. The molecule has 0 aliphatic carbocycles. The number of hydrogen-bond acceptors (Lipinski definition) is 6. The largest absolute Gasteiger partial charge is 0.497 e. The minimum absolute atomic E-state index is 0.104. The van der Waals surface area contributed by atoms with E-state index in [0.29, 0.717) is 19.0 Å². The Bertz CT molecular complexity index is 742. The summed E-state index contributed by atoms with van der Waals surface area (Å²) >= 11 is 0. The van der Waals surface area contributed by atoms with Crippen molar-refractivity contribution in [1.29, 1.82) is 0 Å². The van der Waals surface area contributed by atoms with Gasteiger partial charge < -0.3 is 19.9 Å². The molecular formula is C19H26N6O2. The van der Waals surface area contributed by atoms with Gasteiger partial charge in [-0.1, -0.05) is 0 Å². The number of hydrogen-bond donors (Lipinski definition) is 1. The second-order valence-corrected chi connectivity index (χ2v) is 6.73. The monoisotopic (exact) mass is 370 g/mol. The van der Waals surface area contributed by atoms with E-state index >= 15 is 0 Å². The summed E-state index contributed by atoms with van der Waals surface area (Å²) in [5.74, 6) is 1.88. The lowest BCUT2D eigenvalue weighted by Crippen LogP contribution is -2.44. The van der Waals surface area contributed by atoms with Crippen LogP contribution in [0, 0.1) is 5.92 Å². The van der Waals surface area contributed by atoms with Gasteiger partial charge in [0, 0.05) is 51.3 Å². The molecule has 0 spiro atoms. The summed E-state index contributed by atoms with van der Waals surface area (Å²) in [6, 6.07) is 5.34. The van der Waals surface area contributed by atoms with Gasteiger partial charge in [-0.25, -0.2) is 14.8 Å². The highest BCUT2D eigenvalue weighted by atomic mass is 16.5. The molecule has 1 aliphatic heterocycles. The number of carbonyl (C=O) groups excluding carboxylic acids is 1. The van der Waals surface area contributed by atoms with Crippen molar-refractivity contribution in [2.24, 2.45) is 5.92 Å². The van der Waals surface area contributed by atoms with Gasteiger partial charge in [-0.15, -0.1) is 0 Å². The predicted molar refractivity (Wildman–Crippen MR) is 103 cm³/mol. The molecule has 1 N–H and O–H groups in total. The van der Waals surface area contributed by atoms with Crippen molar-refractivity contribution in [3.05, 3.63) is 42.5 Å². The van der Waals surface area contributed by atoms with Crippen LogP contribution in [0.25, 0.3) is 0 Å². The maximum absolute atomic E-state index is 12.4. The first-order chi connectivity index (χ1) is 13.2. The third-order valence-electron chi connectivity index (χ3n) is 4.67. The van der Waals surface area contributed by atoms with Crippen LogP contribution < -0.4 is 15.0 Å². The summed E-state index contributed by atoms with van der Waals surface area (Å²) in [4.78, 5) is 29.2. The predicted octanol–water partition coefficient (Wildman–Crippen LogP) is 1.94. The molecule has 144 valence electrons. The van der Waals surface area contributed by atoms with Gasteiger partial charge in [-0.2, -0.15) is 0 Å². The van der Waals surface area contributed by atoms with Crippen molar-refractivity contribution in [3.63, 3.8) is 0 Å². The molecule has 27 heavy (non-hydrogen) atoms. The molecule has 1 aliphatic rings. The highest BCUT2D eigenvalue weighted by Crippen LogP contribution is 2.19. The van der Waals surface area contributed by atoms with Crippen molar-refractivity contribution in [2.45, 2.75) is 19.4 Å². The van der Waals surface area contributed by atoms with Crippen molar-refractivity contribution >= 4 is 12.0 Å². The maximum Gasteiger partial charge on any atom is 0.317 e. The van der Waals surface area contributed by atoms with Crippen LogP contribution in [0.15, 0.2) is 36.8 Å². The smallest absolute Gasteiger partial charge is 0.317 e. The van der Waals surface area contributed by atoms with Gasteiger partial charge in [0.25, 0.3) is 0 Å². The molecule has 8 heteroatoms. The zero-order valence-electron chi connectivity index (χ0n) is 15.8. The molecule has 3 rings (SSSR count). The number of methoxy groups -OCH3 is 1. The van der Waals surface area contributed by atoms with Gasteiger partial charge in [-0.3, -0.25) is 4.98 Å². The molecule has 1 saturated heterocycles. The van der Waals surface area contributed by atoms with E-state index < -0.39 is 0 Å². The average Bonchev–Trinajstić information content (AvgIpc) is 2.73. The van der Waals surface area contributed by atoms with Crippen LogP contribution in [0.5, 0.6) is 5.75 Å². The molecule has 2 aromatic rings. The number of urea groups is 1. The second kappa shape index (κ2) is 9.16. The first-order valence-electron chi connectivity index (χ1n) is 9.15. The van der Waals surface area contributed by atoms with E-state index in [1.807, 2.05) is 12.1 Å². The molecule has 2 aromatic heterocycles. The maximum atomic E-state index is 12.4. The fourth-order valence-corrected chi connectivity index (χ4v) is 3.22. The fourth-order valence-electron chi connectivity index (χ4n) is 3.22. The van der Waals surface area contributed by atoms with Gasteiger partial charge in [0.15, 0.2) is 0 Å². The number of rotatable bonds is 6. The highest BCUT2D eigenvalue weighted by molar-refractivity contribution is 5.73. The molecule has 8 nitrogen and oxygen atoms in total. The number of carbonyl (C=O) groups is 1. The molecule has 0 unspecified atom stereocenters. The molecule has 3 heterocycles. The number of pyridine rings is 1. The first kappa shape index (κ1) is 18.9. The quantitative estimate of drug-likeness (QED) is 0.837. The fraction of sp³-hybridized carbons (Fsp3) is 0.474. The summed E-state index contributed by atoms with van der Waals surface area (Å²) in [6.07, 6.45) is 7.36. The Hall–Kier alpha value is -2.90. The van der Waals surface area contributed by atoms with Crippen molar-refractivity contribution < 1.29 is 9.53 Å². The minimum Gasteiger partial charge on any atom is -0.497 e. The van der Waals surface area contributed by atoms with Crippen LogP contribution in [0.2, 0.25) is 0 Å². The third kappa shape index (κ3) is 5.29. The van der Waals surface area contributed by atoms with Crippen LogP contribution in [0.3, 0.4) is 0 Å². The van der Waals surface area contributed by atoms with Gasteiger partial charge in [0.1, 0.15) is 5.75 Å². The van der Waals surface area contributed by atoms with Gasteiger partial charge in [-0.05, 0) is 30.9 Å². The molecule has 0 aromatic carbocycles. The van der Waals surface area contributed by atoms with E-state index in [1.165, 1.54) is 0 Å². The number of nitrogens with zero attached hydrogens (tertiary/aromatic N) is 5. The Balaban J connectivity index is 1.47. The Morgan fingerprint density at radius 2 is 2.15 bits per heavy atom. The standard InChI is InChI=1S/C19H26N6O2/c1-24(14-16-11-17(27-2)6-9-20-16)19(26)23-12-15-5-3-10-25(13-15)18-21-7-4-8-22-18/h4,6-9,11,15H,3,5,10,12-14H2,1-2H3,(H,23,26)/t15-/m1/s1. The molecule has 1 atom stereocenters. The summed E-state index contributed by atoms with van der Waals surface area (Å²) in [5, 5.41) is 3.03. The second-order valence-electron chi connectivity index (χ2n) is 6.73. The van der Waals surface area contributed by atoms with E-state index in [0.717, 1.165) is 43.3 Å².